The smallest absolute Gasteiger partial charge is 0.270 e. The Balaban J connectivity index is 1.93. The highest BCUT2D eigenvalue weighted by molar-refractivity contribution is 7.15. The molecule has 5 nitrogen and oxygen atoms in total. The van der Waals surface area contributed by atoms with Crippen LogP contribution < -0.4 is 5.73 Å². The summed E-state index contributed by atoms with van der Waals surface area (Å²) < 4.78 is 5.38. The zero-order valence-corrected chi connectivity index (χ0v) is 12.8. The standard InChI is InChI=1S/C15H16N4OS/c1-3-12-17-9(2)13(21-12)15-18-14(19-20-15)11-6-4-10(8-16)5-7-11/h4-7H,3,8,16H2,1-2H3. The van der Waals surface area contributed by atoms with Crippen molar-refractivity contribution in [3.05, 3.63) is 40.5 Å². The lowest BCUT2D eigenvalue weighted by Gasteiger charge is -1.97. The van der Waals surface area contributed by atoms with Gasteiger partial charge in [-0.05, 0) is 18.9 Å². The Morgan fingerprint density at radius 3 is 2.57 bits per heavy atom. The van der Waals surface area contributed by atoms with E-state index in [1.165, 1.54) is 0 Å². The van der Waals surface area contributed by atoms with Crippen LogP contribution in [0.15, 0.2) is 28.8 Å². The fourth-order valence-corrected chi connectivity index (χ4v) is 2.95. The molecule has 0 atom stereocenters. The van der Waals surface area contributed by atoms with Gasteiger partial charge in [-0.15, -0.1) is 11.3 Å². The third-order valence-electron chi connectivity index (χ3n) is 3.21. The molecule has 0 amide bonds. The van der Waals surface area contributed by atoms with Crippen LogP contribution in [0.1, 0.15) is 23.2 Å². The monoisotopic (exact) mass is 300 g/mol. The molecular weight excluding hydrogens is 284 g/mol. The molecule has 0 aliphatic carbocycles. The van der Waals surface area contributed by atoms with Crippen LogP contribution in [0.5, 0.6) is 0 Å². The average Bonchev–Trinajstić information content (AvgIpc) is 3.13. The van der Waals surface area contributed by atoms with Crippen LogP contribution in [0, 0.1) is 6.92 Å². The number of aryl methyl sites for hydroxylation is 2. The minimum atomic E-state index is 0.525. The zero-order chi connectivity index (χ0) is 14.8. The van der Waals surface area contributed by atoms with E-state index in [1.807, 2.05) is 31.2 Å². The quantitative estimate of drug-likeness (QED) is 0.800. The number of nitrogens with zero attached hydrogens (tertiary/aromatic N) is 3. The largest absolute Gasteiger partial charge is 0.333 e. The third-order valence-corrected chi connectivity index (χ3v) is 4.50. The van der Waals surface area contributed by atoms with Gasteiger partial charge in [0.15, 0.2) is 0 Å². The van der Waals surface area contributed by atoms with Crippen LogP contribution in [0.3, 0.4) is 0 Å². The number of benzene rings is 1. The van der Waals surface area contributed by atoms with E-state index in [4.69, 9.17) is 10.3 Å². The lowest BCUT2D eigenvalue weighted by atomic mass is 10.1. The lowest BCUT2D eigenvalue weighted by Crippen LogP contribution is -1.95. The second-order valence-electron chi connectivity index (χ2n) is 4.70. The minimum Gasteiger partial charge on any atom is -0.333 e. The van der Waals surface area contributed by atoms with Crippen molar-refractivity contribution in [3.63, 3.8) is 0 Å². The fraction of sp³-hybridized carbons (Fsp3) is 0.267. The summed E-state index contributed by atoms with van der Waals surface area (Å²) in [6.07, 6.45) is 0.910. The normalized spacial score (nSPS) is 11.0. The van der Waals surface area contributed by atoms with Gasteiger partial charge in [-0.2, -0.15) is 4.98 Å². The molecule has 0 fully saturated rings. The van der Waals surface area contributed by atoms with Gasteiger partial charge in [0, 0.05) is 12.1 Å². The Kier molecular flexibility index (Phi) is 3.81. The number of rotatable bonds is 4. The highest BCUT2D eigenvalue weighted by atomic mass is 32.1. The zero-order valence-electron chi connectivity index (χ0n) is 12.0. The van der Waals surface area contributed by atoms with E-state index in [-0.39, 0.29) is 0 Å². The van der Waals surface area contributed by atoms with E-state index in [0.29, 0.717) is 18.3 Å². The molecule has 21 heavy (non-hydrogen) atoms. The number of hydrogen-bond donors (Lipinski definition) is 1. The molecule has 0 bridgehead atoms. The van der Waals surface area contributed by atoms with Gasteiger partial charge in [-0.3, -0.25) is 0 Å². The summed E-state index contributed by atoms with van der Waals surface area (Å²) in [4.78, 5) is 9.91. The number of hydrogen-bond acceptors (Lipinski definition) is 6. The van der Waals surface area contributed by atoms with Crippen LogP contribution in [-0.4, -0.2) is 15.1 Å². The van der Waals surface area contributed by atoms with E-state index in [2.05, 4.69) is 22.0 Å². The Morgan fingerprint density at radius 2 is 1.95 bits per heavy atom. The summed E-state index contributed by atoms with van der Waals surface area (Å²) in [6.45, 7) is 4.57. The van der Waals surface area contributed by atoms with Gasteiger partial charge in [0.25, 0.3) is 5.89 Å². The molecule has 0 unspecified atom stereocenters. The van der Waals surface area contributed by atoms with Crippen molar-refractivity contribution in [1.82, 2.24) is 15.1 Å². The van der Waals surface area contributed by atoms with Crippen molar-refractivity contribution in [2.24, 2.45) is 5.73 Å². The van der Waals surface area contributed by atoms with Crippen LogP contribution in [0.4, 0.5) is 0 Å². The molecule has 0 saturated carbocycles. The highest BCUT2D eigenvalue weighted by Crippen LogP contribution is 2.30. The summed E-state index contributed by atoms with van der Waals surface area (Å²) >= 11 is 1.60. The SMILES string of the molecule is CCc1nc(C)c(-c2nc(-c3ccc(CN)cc3)no2)s1. The van der Waals surface area contributed by atoms with Crippen LogP contribution in [0.25, 0.3) is 22.2 Å². The summed E-state index contributed by atoms with van der Waals surface area (Å²) in [5.74, 6) is 1.11. The maximum Gasteiger partial charge on any atom is 0.270 e. The second-order valence-corrected chi connectivity index (χ2v) is 5.78. The topological polar surface area (TPSA) is 77.8 Å². The van der Waals surface area contributed by atoms with Gasteiger partial charge in [0.2, 0.25) is 5.82 Å². The third kappa shape index (κ3) is 2.72. The number of thiazole rings is 1. The molecule has 2 N–H and O–H groups in total. The number of nitrogens with two attached hydrogens (primary N) is 1. The first-order chi connectivity index (χ1) is 10.2. The molecule has 6 heteroatoms. The van der Waals surface area contributed by atoms with Crippen molar-refractivity contribution in [1.29, 1.82) is 0 Å². The Labute approximate surface area is 126 Å². The fourth-order valence-electron chi connectivity index (χ4n) is 2.02. The van der Waals surface area contributed by atoms with Gasteiger partial charge in [0.1, 0.15) is 4.88 Å². The molecule has 2 heterocycles. The van der Waals surface area contributed by atoms with E-state index < -0.39 is 0 Å². The van der Waals surface area contributed by atoms with Gasteiger partial charge in [-0.25, -0.2) is 4.98 Å². The summed E-state index contributed by atoms with van der Waals surface area (Å²) in [7, 11) is 0. The molecular formula is C15H16N4OS. The first-order valence-corrected chi connectivity index (χ1v) is 7.62. The Morgan fingerprint density at radius 1 is 1.19 bits per heavy atom. The number of aromatic nitrogens is 3. The van der Waals surface area contributed by atoms with Gasteiger partial charge in [-0.1, -0.05) is 36.3 Å². The van der Waals surface area contributed by atoms with Crippen molar-refractivity contribution in [2.45, 2.75) is 26.8 Å². The molecule has 0 spiro atoms. The van der Waals surface area contributed by atoms with Crippen molar-refractivity contribution in [3.8, 4) is 22.2 Å². The molecule has 0 radical (unpaired) electrons. The van der Waals surface area contributed by atoms with E-state index in [0.717, 1.165) is 33.1 Å². The molecule has 0 aliphatic rings. The second kappa shape index (κ2) is 5.75. The highest BCUT2D eigenvalue weighted by Gasteiger charge is 2.16. The van der Waals surface area contributed by atoms with E-state index >= 15 is 0 Å². The lowest BCUT2D eigenvalue weighted by molar-refractivity contribution is 0.433. The van der Waals surface area contributed by atoms with E-state index in [1.54, 1.807) is 11.3 Å². The minimum absolute atomic E-state index is 0.525. The molecule has 2 aromatic heterocycles. The van der Waals surface area contributed by atoms with Gasteiger partial charge >= 0.3 is 0 Å². The first-order valence-electron chi connectivity index (χ1n) is 6.81. The van der Waals surface area contributed by atoms with Crippen LogP contribution in [0.2, 0.25) is 0 Å². The Hall–Kier alpha value is -2.05. The van der Waals surface area contributed by atoms with Crippen LogP contribution >= 0.6 is 11.3 Å². The molecule has 3 aromatic rings. The van der Waals surface area contributed by atoms with Crippen molar-refractivity contribution in [2.75, 3.05) is 0 Å². The Bertz CT molecular complexity index is 745. The molecule has 0 aliphatic heterocycles. The van der Waals surface area contributed by atoms with Gasteiger partial charge < -0.3 is 10.3 Å². The maximum absolute atomic E-state index is 5.60. The maximum atomic E-state index is 5.60. The molecule has 0 saturated heterocycles. The van der Waals surface area contributed by atoms with E-state index in [9.17, 15) is 0 Å². The van der Waals surface area contributed by atoms with Gasteiger partial charge in [0.05, 0.1) is 10.7 Å². The summed E-state index contributed by atoms with van der Waals surface area (Å²) in [5.41, 5.74) is 8.53. The summed E-state index contributed by atoms with van der Waals surface area (Å²) in [6, 6.07) is 7.85. The molecule has 3 rings (SSSR count). The van der Waals surface area contributed by atoms with Crippen molar-refractivity contribution < 1.29 is 4.52 Å². The summed E-state index contributed by atoms with van der Waals surface area (Å²) in [5, 5.41) is 5.13. The molecule has 108 valence electrons. The average molecular weight is 300 g/mol. The van der Waals surface area contributed by atoms with Crippen molar-refractivity contribution >= 4 is 11.3 Å². The molecule has 1 aromatic carbocycles. The first kappa shape index (κ1) is 13.9. The predicted molar refractivity (Wildman–Crippen MR) is 82.8 cm³/mol. The van der Waals surface area contributed by atoms with Crippen LogP contribution in [-0.2, 0) is 13.0 Å². The predicted octanol–water partition coefficient (Wildman–Crippen LogP) is 3.19.